The maximum Gasteiger partial charge on any atom is 0.243 e. The van der Waals surface area contributed by atoms with Gasteiger partial charge in [-0.2, -0.15) is 4.31 Å². The number of amides is 1. The standard InChI is InChI=1S/C17H24N2O3S/c1-4-9-18-17(20)15-7-10-19(11-8-15)23(21,22)16-12-13(2)5-6-14(16)3/h4-6,12,15H,1,7-11H2,2-3H3,(H,18,20). The van der Waals surface area contributed by atoms with Gasteiger partial charge < -0.3 is 5.32 Å². The molecule has 1 aromatic carbocycles. The van der Waals surface area contributed by atoms with Crippen LogP contribution in [-0.4, -0.2) is 38.3 Å². The summed E-state index contributed by atoms with van der Waals surface area (Å²) < 4.78 is 27.1. The highest BCUT2D eigenvalue weighted by Gasteiger charge is 2.32. The largest absolute Gasteiger partial charge is 0.352 e. The first-order chi connectivity index (χ1) is 10.9. The first-order valence-corrected chi connectivity index (χ1v) is 9.26. The molecule has 2 rings (SSSR count). The van der Waals surface area contributed by atoms with Gasteiger partial charge in [0.1, 0.15) is 0 Å². The molecule has 1 heterocycles. The van der Waals surface area contributed by atoms with E-state index in [-0.39, 0.29) is 11.8 Å². The molecule has 0 atom stereocenters. The van der Waals surface area contributed by atoms with Gasteiger partial charge in [0, 0.05) is 25.6 Å². The van der Waals surface area contributed by atoms with Crippen LogP contribution in [0.1, 0.15) is 24.0 Å². The molecule has 1 aliphatic heterocycles. The van der Waals surface area contributed by atoms with Crippen LogP contribution in [0, 0.1) is 19.8 Å². The van der Waals surface area contributed by atoms with Crippen molar-refractivity contribution in [3.05, 3.63) is 42.0 Å². The quantitative estimate of drug-likeness (QED) is 0.837. The maximum absolute atomic E-state index is 12.8. The van der Waals surface area contributed by atoms with E-state index in [1.54, 1.807) is 12.1 Å². The molecule has 6 heteroatoms. The highest BCUT2D eigenvalue weighted by molar-refractivity contribution is 7.89. The minimum Gasteiger partial charge on any atom is -0.352 e. The van der Waals surface area contributed by atoms with Crippen LogP contribution < -0.4 is 5.32 Å². The monoisotopic (exact) mass is 336 g/mol. The lowest BCUT2D eigenvalue weighted by Gasteiger charge is -2.31. The van der Waals surface area contributed by atoms with Crippen molar-refractivity contribution in [2.75, 3.05) is 19.6 Å². The number of rotatable bonds is 5. The van der Waals surface area contributed by atoms with Gasteiger partial charge in [-0.25, -0.2) is 8.42 Å². The molecule has 0 aromatic heterocycles. The Morgan fingerprint density at radius 1 is 1.35 bits per heavy atom. The van der Waals surface area contributed by atoms with Crippen LogP contribution in [0.5, 0.6) is 0 Å². The topological polar surface area (TPSA) is 66.5 Å². The Morgan fingerprint density at radius 2 is 2.00 bits per heavy atom. The van der Waals surface area contributed by atoms with Crippen LogP contribution in [0.25, 0.3) is 0 Å². The number of sulfonamides is 1. The van der Waals surface area contributed by atoms with E-state index < -0.39 is 10.0 Å². The number of nitrogens with zero attached hydrogens (tertiary/aromatic N) is 1. The summed E-state index contributed by atoms with van der Waals surface area (Å²) in [5, 5.41) is 2.78. The van der Waals surface area contributed by atoms with Crippen molar-refractivity contribution in [1.82, 2.24) is 9.62 Å². The van der Waals surface area contributed by atoms with Gasteiger partial charge in [-0.05, 0) is 43.9 Å². The number of hydrogen-bond acceptors (Lipinski definition) is 3. The molecule has 1 saturated heterocycles. The van der Waals surface area contributed by atoms with Gasteiger partial charge in [-0.3, -0.25) is 4.79 Å². The minimum absolute atomic E-state index is 0.0197. The molecule has 0 bridgehead atoms. The lowest BCUT2D eigenvalue weighted by molar-refractivity contribution is -0.125. The lowest BCUT2D eigenvalue weighted by atomic mass is 9.97. The zero-order valence-electron chi connectivity index (χ0n) is 13.7. The summed E-state index contributed by atoms with van der Waals surface area (Å²) in [5.74, 6) is -0.145. The van der Waals surface area contributed by atoms with Crippen molar-refractivity contribution in [2.45, 2.75) is 31.6 Å². The van der Waals surface area contributed by atoms with Gasteiger partial charge in [0.25, 0.3) is 0 Å². The van der Waals surface area contributed by atoms with Crippen LogP contribution in [0.2, 0.25) is 0 Å². The van der Waals surface area contributed by atoms with Crippen molar-refractivity contribution < 1.29 is 13.2 Å². The predicted molar refractivity (Wildman–Crippen MR) is 90.6 cm³/mol. The average molecular weight is 336 g/mol. The highest BCUT2D eigenvalue weighted by Crippen LogP contribution is 2.26. The third kappa shape index (κ3) is 4.00. The molecule has 126 valence electrons. The van der Waals surface area contributed by atoms with E-state index in [1.165, 1.54) is 4.31 Å². The van der Waals surface area contributed by atoms with Gasteiger partial charge in [-0.15, -0.1) is 6.58 Å². The first-order valence-electron chi connectivity index (χ1n) is 7.82. The van der Waals surface area contributed by atoms with Crippen molar-refractivity contribution in [3.8, 4) is 0 Å². The molecule has 1 aromatic rings. The van der Waals surface area contributed by atoms with Crippen LogP contribution in [0.4, 0.5) is 0 Å². The Labute approximate surface area is 138 Å². The Bertz CT molecular complexity index is 690. The van der Waals surface area contributed by atoms with Crippen molar-refractivity contribution in [3.63, 3.8) is 0 Å². The fraction of sp³-hybridized carbons (Fsp3) is 0.471. The smallest absolute Gasteiger partial charge is 0.243 e. The number of benzene rings is 1. The van der Waals surface area contributed by atoms with Gasteiger partial charge in [0.2, 0.25) is 15.9 Å². The predicted octanol–water partition coefficient (Wildman–Crippen LogP) is 2.01. The van der Waals surface area contributed by atoms with Gasteiger partial charge in [0.05, 0.1) is 4.90 Å². The summed E-state index contributed by atoms with van der Waals surface area (Å²) in [5.41, 5.74) is 1.68. The Morgan fingerprint density at radius 3 is 2.61 bits per heavy atom. The molecule has 0 radical (unpaired) electrons. The zero-order chi connectivity index (χ0) is 17.0. The summed E-state index contributed by atoms with van der Waals surface area (Å²) in [4.78, 5) is 12.3. The van der Waals surface area contributed by atoms with Crippen molar-refractivity contribution >= 4 is 15.9 Å². The molecular weight excluding hydrogens is 312 g/mol. The molecule has 23 heavy (non-hydrogen) atoms. The molecule has 0 aliphatic carbocycles. The Balaban J connectivity index is 2.08. The molecule has 0 spiro atoms. The summed E-state index contributed by atoms with van der Waals surface area (Å²) in [6.45, 7) is 8.46. The van der Waals surface area contributed by atoms with Crippen LogP contribution in [0.15, 0.2) is 35.7 Å². The SMILES string of the molecule is C=CCNC(=O)C1CCN(S(=O)(=O)c2cc(C)ccc2C)CC1. The fourth-order valence-corrected chi connectivity index (χ4v) is 4.58. The van der Waals surface area contributed by atoms with Crippen LogP contribution in [-0.2, 0) is 14.8 Å². The summed E-state index contributed by atoms with van der Waals surface area (Å²) in [6.07, 6.45) is 2.73. The van der Waals surface area contributed by atoms with Crippen molar-refractivity contribution in [2.24, 2.45) is 5.92 Å². The molecule has 1 N–H and O–H groups in total. The Hall–Kier alpha value is -1.66. The molecule has 1 amide bonds. The molecular formula is C17H24N2O3S. The number of piperidine rings is 1. The summed E-state index contributed by atoms with van der Waals surface area (Å²) in [6, 6.07) is 5.45. The van der Waals surface area contributed by atoms with Crippen LogP contribution >= 0.6 is 0 Å². The molecule has 5 nitrogen and oxygen atoms in total. The number of carbonyl (C=O) groups is 1. The third-order valence-corrected chi connectivity index (χ3v) is 6.25. The number of hydrogen-bond donors (Lipinski definition) is 1. The minimum atomic E-state index is -3.50. The molecule has 1 aliphatic rings. The highest BCUT2D eigenvalue weighted by atomic mass is 32.2. The first kappa shape index (κ1) is 17.7. The zero-order valence-corrected chi connectivity index (χ0v) is 14.5. The van der Waals surface area contributed by atoms with E-state index in [9.17, 15) is 13.2 Å². The van der Waals surface area contributed by atoms with E-state index in [0.717, 1.165) is 11.1 Å². The second-order valence-electron chi connectivity index (χ2n) is 5.98. The Kier molecular flexibility index (Phi) is 5.59. The van der Waals surface area contributed by atoms with Gasteiger partial charge in [-0.1, -0.05) is 18.2 Å². The van der Waals surface area contributed by atoms with Gasteiger partial charge >= 0.3 is 0 Å². The van der Waals surface area contributed by atoms with E-state index in [4.69, 9.17) is 0 Å². The van der Waals surface area contributed by atoms with E-state index >= 15 is 0 Å². The third-order valence-electron chi connectivity index (χ3n) is 4.21. The molecule has 0 unspecified atom stereocenters. The van der Waals surface area contributed by atoms with Crippen molar-refractivity contribution in [1.29, 1.82) is 0 Å². The number of carbonyl (C=O) groups excluding carboxylic acids is 1. The number of nitrogens with one attached hydrogen (secondary N) is 1. The normalized spacial score (nSPS) is 17.0. The fourth-order valence-electron chi connectivity index (χ4n) is 2.80. The maximum atomic E-state index is 12.8. The van der Waals surface area contributed by atoms with Crippen LogP contribution in [0.3, 0.4) is 0 Å². The summed E-state index contributed by atoms with van der Waals surface area (Å²) in [7, 11) is -3.50. The lowest BCUT2D eigenvalue weighted by Crippen LogP contribution is -2.43. The second-order valence-corrected chi connectivity index (χ2v) is 7.89. The van der Waals surface area contributed by atoms with E-state index in [1.807, 2.05) is 26.0 Å². The van der Waals surface area contributed by atoms with Gasteiger partial charge in [0.15, 0.2) is 0 Å². The second kappa shape index (κ2) is 7.27. The molecule has 0 saturated carbocycles. The van der Waals surface area contributed by atoms with E-state index in [2.05, 4.69) is 11.9 Å². The molecule has 1 fully saturated rings. The average Bonchev–Trinajstić information content (AvgIpc) is 2.54. The number of aryl methyl sites for hydroxylation is 2. The summed E-state index contributed by atoms with van der Waals surface area (Å²) >= 11 is 0. The van der Waals surface area contributed by atoms with E-state index in [0.29, 0.717) is 37.4 Å².